The van der Waals surface area contributed by atoms with E-state index in [1.807, 2.05) is 6.08 Å². The number of H-pyrrole nitrogens is 1. The van der Waals surface area contributed by atoms with Crippen molar-refractivity contribution >= 4 is 5.78 Å². The molecular weight excluding hydrogens is 378 g/mol. The Morgan fingerprint density at radius 1 is 1.10 bits per heavy atom. The highest BCUT2D eigenvalue weighted by Crippen LogP contribution is 2.48. The maximum Gasteiger partial charge on any atom is 0.262 e. The summed E-state index contributed by atoms with van der Waals surface area (Å²) in [7, 11) is 0. The molecule has 5 heteroatoms. The second-order valence-electron chi connectivity index (χ2n) is 9.15. The van der Waals surface area contributed by atoms with Gasteiger partial charge >= 0.3 is 0 Å². The quantitative estimate of drug-likeness (QED) is 0.499. The second kappa shape index (κ2) is 7.78. The predicted molar refractivity (Wildman–Crippen MR) is 117 cm³/mol. The number of aromatic amines is 1. The summed E-state index contributed by atoms with van der Waals surface area (Å²) in [5.41, 5.74) is 1.46. The molecule has 1 saturated carbocycles. The average Bonchev–Trinajstić information content (AvgIpc) is 2.71. The molecule has 1 fully saturated rings. The van der Waals surface area contributed by atoms with E-state index >= 15 is 0 Å². The fourth-order valence-corrected chi connectivity index (χ4v) is 5.49. The van der Waals surface area contributed by atoms with Gasteiger partial charge in [0.15, 0.2) is 5.78 Å². The van der Waals surface area contributed by atoms with Crippen LogP contribution < -0.4 is 5.56 Å². The van der Waals surface area contributed by atoms with Crippen LogP contribution in [0.5, 0.6) is 11.5 Å². The Kier molecular flexibility index (Phi) is 5.31. The normalized spacial score (nSPS) is 28.5. The number of phenols is 1. The zero-order chi connectivity index (χ0) is 21.6. The summed E-state index contributed by atoms with van der Waals surface area (Å²) < 4.78 is 0. The van der Waals surface area contributed by atoms with Crippen molar-refractivity contribution in [3.05, 3.63) is 58.0 Å². The Morgan fingerprint density at radius 3 is 2.50 bits per heavy atom. The van der Waals surface area contributed by atoms with Crippen molar-refractivity contribution in [2.75, 3.05) is 0 Å². The second-order valence-corrected chi connectivity index (χ2v) is 9.15. The van der Waals surface area contributed by atoms with E-state index < -0.39 is 11.5 Å². The first-order valence-corrected chi connectivity index (χ1v) is 10.7. The van der Waals surface area contributed by atoms with Crippen LogP contribution >= 0.6 is 0 Å². The fourth-order valence-electron chi connectivity index (χ4n) is 5.49. The number of pyridine rings is 1. The van der Waals surface area contributed by atoms with Crippen molar-refractivity contribution in [1.82, 2.24) is 4.98 Å². The van der Waals surface area contributed by atoms with Gasteiger partial charge in [-0.1, -0.05) is 44.1 Å². The van der Waals surface area contributed by atoms with Crippen LogP contribution in [0.2, 0.25) is 0 Å². The van der Waals surface area contributed by atoms with Crippen LogP contribution in [-0.2, 0) is 0 Å². The molecule has 1 aromatic heterocycles. The number of nitrogens with one attached hydrogen (secondary N) is 1. The van der Waals surface area contributed by atoms with Gasteiger partial charge < -0.3 is 15.2 Å². The number of Topliss-reactive ketones (excluding diaryl/α,β-unsaturated/α-hetero) is 1. The van der Waals surface area contributed by atoms with E-state index in [2.05, 4.69) is 25.8 Å². The summed E-state index contributed by atoms with van der Waals surface area (Å²) in [6, 6.07) is 6.28. The SMILES string of the molecule is CC1=C[C@@H](C(=O)c2c(O)c(-c3ccc(O)cc3)c[nH]c2=O)[C@@H](C)[C@H]2C[C@@H](C)CC[C@H]12. The topological polar surface area (TPSA) is 90.4 Å². The lowest BCUT2D eigenvalue weighted by Crippen LogP contribution is -2.40. The van der Waals surface area contributed by atoms with Crippen molar-refractivity contribution in [2.45, 2.75) is 40.0 Å². The lowest BCUT2D eigenvalue weighted by atomic mass is 9.60. The summed E-state index contributed by atoms with van der Waals surface area (Å²) in [6.45, 7) is 6.47. The molecule has 158 valence electrons. The van der Waals surface area contributed by atoms with Crippen LogP contribution in [0.4, 0.5) is 0 Å². The van der Waals surface area contributed by atoms with Gasteiger partial charge in [0.1, 0.15) is 17.1 Å². The first-order chi connectivity index (χ1) is 14.3. The molecule has 1 heterocycles. The van der Waals surface area contributed by atoms with E-state index in [4.69, 9.17) is 0 Å². The average molecular weight is 408 g/mol. The molecule has 3 N–H and O–H groups in total. The van der Waals surface area contributed by atoms with Gasteiger partial charge in [-0.05, 0) is 61.1 Å². The lowest BCUT2D eigenvalue weighted by molar-refractivity contribution is 0.0759. The molecule has 0 amide bonds. The first kappa shape index (κ1) is 20.5. The highest BCUT2D eigenvalue weighted by atomic mass is 16.3. The molecule has 5 atom stereocenters. The van der Waals surface area contributed by atoms with Crippen molar-refractivity contribution in [2.24, 2.45) is 29.6 Å². The monoisotopic (exact) mass is 407 g/mol. The highest BCUT2D eigenvalue weighted by molar-refractivity contribution is 6.03. The Bertz CT molecular complexity index is 1050. The van der Waals surface area contributed by atoms with Gasteiger partial charge in [0.25, 0.3) is 5.56 Å². The number of hydrogen-bond donors (Lipinski definition) is 3. The Labute approximate surface area is 176 Å². The van der Waals surface area contributed by atoms with E-state index in [-0.39, 0.29) is 28.8 Å². The van der Waals surface area contributed by atoms with Crippen molar-refractivity contribution in [3.8, 4) is 22.6 Å². The lowest BCUT2D eigenvalue weighted by Gasteiger charge is -2.44. The van der Waals surface area contributed by atoms with Gasteiger partial charge in [-0.25, -0.2) is 0 Å². The third-order valence-electron chi connectivity index (χ3n) is 7.22. The van der Waals surface area contributed by atoms with Gasteiger partial charge in [0, 0.05) is 17.7 Å². The maximum atomic E-state index is 13.5. The van der Waals surface area contributed by atoms with Crippen LogP contribution in [-0.4, -0.2) is 21.0 Å². The van der Waals surface area contributed by atoms with E-state index in [9.17, 15) is 19.8 Å². The number of aromatic nitrogens is 1. The van der Waals surface area contributed by atoms with Crippen LogP contribution in [0.3, 0.4) is 0 Å². The number of phenolic OH excluding ortho intramolecular Hbond substituents is 1. The minimum absolute atomic E-state index is 0.104. The molecule has 0 bridgehead atoms. The Morgan fingerprint density at radius 2 is 1.80 bits per heavy atom. The van der Waals surface area contributed by atoms with Gasteiger partial charge in [-0.15, -0.1) is 0 Å². The summed E-state index contributed by atoms with van der Waals surface area (Å²) in [4.78, 5) is 28.7. The van der Waals surface area contributed by atoms with Crippen LogP contribution in [0.15, 0.2) is 46.9 Å². The number of carbonyl (C=O) groups is 1. The number of ketones is 1. The van der Waals surface area contributed by atoms with Crippen LogP contribution in [0.1, 0.15) is 50.4 Å². The molecule has 5 nitrogen and oxygen atoms in total. The molecule has 0 radical (unpaired) electrons. The number of fused-ring (bicyclic) bond motifs is 1. The van der Waals surface area contributed by atoms with Crippen LogP contribution in [0, 0.1) is 29.6 Å². The number of allylic oxidation sites excluding steroid dienone is 2. The molecule has 1 aromatic carbocycles. The summed E-state index contributed by atoms with van der Waals surface area (Å²) >= 11 is 0. The summed E-state index contributed by atoms with van der Waals surface area (Å²) in [5.74, 6) is 0.759. The van der Waals surface area contributed by atoms with Crippen molar-refractivity contribution in [3.63, 3.8) is 0 Å². The highest BCUT2D eigenvalue weighted by Gasteiger charge is 2.42. The standard InChI is InChI=1S/C25H29NO4/c1-13-4-9-18-14(2)11-20(15(3)19(18)10-13)23(28)22-24(29)21(12-26-25(22)30)16-5-7-17(27)8-6-16/h5-8,11-13,15,18-20,27H,4,9-10H2,1-3H3,(H2,26,29,30)/t13-,15-,18+,19+,20+/m0/s1. The molecule has 2 aliphatic rings. The summed E-state index contributed by atoms with van der Waals surface area (Å²) in [6.07, 6.45) is 6.90. The van der Waals surface area contributed by atoms with Crippen molar-refractivity contribution < 1.29 is 15.0 Å². The smallest absolute Gasteiger partial charge is 0.262 e. The Hall–Kier alpha value is -2.82. The number of rotatable bonds is 3. The number of carbonyl (C=O) groups excluding carboxylic acids is 1. The number of aromatic hydroxyl groups is 2. The zero-order valence-corrected chi connectivity index (χ0v) is 17.7. The third-order valence-corrected chi connectivity index (χ3v) is 7.22. The molecule has 2 aliphatic carbocycles. The van der Waals surface area contributed by atoms with Gasteiger partial charge in [-0.3, -0.25) is 9.59 Å². The predicted octanol–water partition coefficient (Wildman–Crippen LogP) is 4.90. The van der Waals surface area contributed by atoms with Crippen LogP contribution in [0.25, 0.3) is 11.1 Å². The molecule has 0 aliphatic heterocycles. The maximum absolute atomic E-state index is 13.5. The molecule has 0 saturated heterocycles. The molecular formula is C25H29NO4. The molecule has 2 aromatic rings. The van der Waals surface area contributed by atoms with Gasteiger partial charge in [0.2, 0.25) is 0 Å². The molecule has 4 rings (SSSR count). The van der Waals surface area contributed by atoms with E-state index in [0.29, 0.717) is 28.9 Å². The van der Waals surface area contributed by atoms with Gasteiger partial charge in [0.05, 0.1) is 0 Å². The summed E-state index contributed by atoms with van der Waals surface area (Å²) in [5, 5.41) is 20.4. The van der Waals surface area contributed by atoms with Gasteiger partial charge in [-0.2, -0.15) is 0 Å². The molecule has 0 spiro atoms. The van der Waals surface area contributed by atoms with E-state index in [1.54, 1.807) is 12.1 Å². The first-order valence-electron chi connectivity index (χ1n) is 10.7. The number of hydrogen-bond acceptors (Lipinski definition) is 4. The molecule has 0 unspecified atom stereocenters. The zero-order valence-electron chi connectivity index (χ0n) is 17.7. The van der Waals surface area contributed by atoms with Crippen molar-refractivity contribution in [1.29, 1.82) is 0 Å². The number of benzene rings is 1. The minimum Gasteiger partial charge on any atom is -0.508 e. The van der Waals surface area contributed by atoms with E-state index in [1.165, 1.54) is 30.3 Å². The molecule has 30 heavy (non-hydrogen) atoms. The van der Waals surface area contributed by atoms with E-state index in [0.717, 1.165) is 12.8 Å². The fraction of sp³-hybridized carbons (Fsp3) is 0.440. The third kappa shape index (κ3) is 3.47. The largest absolute Gasteiger partial charge is 0.508 e. The Balaban J connectivity index is 1.74. The minimum atomic E-state index is -0.572.